The maximum absolute atomic E-state index is 12.0. The lowest BCUT2D eigenvalue weighted by Crippen LogP contribution is -2.30. The van der Waals surface area contributed by atoms with Crippen molar-refractivity contribution < 1.29 is 9.53 Å². The summed E-state index contributed by atoms with van der Waals surface area (Å²) in [5, 5.41) is 19.0. The van der Waals surface area contributed by atoms with Crippen molar-refractivity contribution in [1.29, 1.82) is 0 Å². The third-order valence-electron chi connectivity index (χ3n) is 3.81. The number of ether oxygens (including phenoxy) is 1. The van der Waals surface area contributed by atoms with E-state index in [-0.39, 0.29) is 18.0 Å². The van der Waals surface area contributed by atoms with Gasteiger partial charge in [0.1, 0.15) is 12.4 Å². The van der Waals surface area contributed by atoms with E-state index in [1.807, 2.05) is 4.57 Å². The largest absolute Gasteiger partial charge is 0.372 e. The fourth-order valence-corrected chi connectivity index (χ4v) is 2.46. The maximum atomic E-state index is 12.0. The monoisotopic (exact) mass is 302 g/mol. The van der Waals surface area contributed by atoms with E-state index in [0.717, 1.165) is 12.2 Å². The van der Waals surface area contributed by atoms with E-state index in [2.05, 4.69) is 31.7 Å². The fourth-order valence-electron chi connectivity index (χ4n) is 2.46. The normalized spacial score (nSPS) is 17.6. The van der Waals surface area contributed by atoms with Crippen LogP contribution in [0.25, 0.3) is 0 Å². The molecule has 0 aromatic carbocycles. The van der Waals surface area contributed by atoms with Crippen LogP contribution >= 0.6 is 0 Å². The van der Waals surface area contributed by atoms with Crippen molar-refractivity contribution in [2.75, 3.05) is 13.2 Å². The summed E-state index contributed by atoms with van der Waals surface area (Å²) in [7, 11) is 0. The zero-order valence-electron chi connectivity index (χ0n) is 12.3. The van der Waals surface area contributed by atoms with Crippen molar-refractivity contribution in [1.82, 2.24) is 20.1 Å². The number of nitrogens with one attached hydrogen (secondary N) is 1. The van der Waals surface area contributed by atoms with Crippen LogP contribution in [0.15, 0.2) is 10.2 Å². The Bertz CT molecular complexity index is 624. The first kappa shape index (κ1) is 14.7. The average Bonchev–Trinajstić information content (AvgIpc) is 3.19. The molecule has 22 heavy (non-hydrogen) atoms. The van der Waals surface area contributed by atoms with Crippen molar-refractivity contribution in [2.45, 2.75) is 44.5 Å². The Balaban J connectivity index is 1.43. The Kier molecular flexibility index (Phi) is 4.15. The van der Waals surface area contributed by atoms with Gasteiger partial charge in [0.15, 0.2) is 11.5 Å². The summed E-state index contributed by atoms with van der Waals surface area (Å²) in [5.41, 5.74) is -0.356. The van der Waals surface area contributed by atoms with Crippen molar-refractivity contribution in [3.8, 4) is 12.3 Å². The van der Waals surface area contributed by atoms with Gasteiger partial charge in [0.05, 0.1) is 13.0 Å². The standard InChI is InChI=1S/C14H18N6O2/c1-2-3-4-14(18-19-14)5-6-15-13(21)9-11-16-17-12-10-22-8-7-20(11)12/h1H,3-10H2,(H,15,21). The molecule has 0 fully saturated rings. The van der Waals surface area contributed by atoms with Crippen molar-refractivity contribution in [3.05, 3.63) is 11.6 Å². The Labute approximate surface area is 128 Å². The van der Waals surface area contributed by atoms with Crippen LogP contribution in [-0.2, 0) is 29.1 Å². The summed E-state index contributed by atoms with van der Waals surface area (Å²) in [4.78, 5) is 12.0. The first-order chi connectivity index (χ1) is 10.7. The fraction of sp³-hybridized carbons (Fsp3) is 0.643. The summed E-state index contributed by atoms with van der Waals surface area (Å²) < 4.78 is 7.24. The molecular weight excluding hydrogens is 284 g/mol. The molecule has 2 aliphatic heterocycles. The molecule has 1 aromatic rings. The molecular formula is C14H18N6O2. The molecule has 0 unspecified atom stereocenters. The minimum Gasteiger partial charge on any atom is -0.372 e. The van der Waals surface area contributed by atoms with Crippen molar-refractivity contribution >= 4 is 5.91 Å². The number of hydrogen-bond acceptors (Lipinski definition) is 6. The molecule has 0 saturated heterocycles. The lowest BCUT2D eigenvalue weighted by Gasteiger charge is -2.15. The second kappa shape index (κ2) is 6.23. The minimum absolute atomic E-state index is 0.0746. The first-order valence-electron chi connectivity index (χ1n) is 7.35. The average molecular weight is 302 g/mol. The van der Waals surface area contributed by atoms with Crippen LogP contribution in [-0.4, -0.2) is 39.5 Å². The number of terminal acetylenes is 1. The molecule has 116 valence electrons. The summed E-state index contributed by atoms with van der Waals surface area (Å²) in [6.07, 6.45) is 7.55. The van der Waals surface area contributed by atoms with E-state index in [4.69, 9.17) is 11.2 Å². The van der Waals surface area contributed by atoms with Gasteiger partial charge in [-0.15, -0.1) is 22.5 Å². The predicted molar refractivity (Wildman–Crippen MR) is 76.7 cm³/mol. The van der Waals surface area contributed by atoms with Gasteiger partial charge in [0.2, 0.25) is 5.91 Å². The van der Waals surface area contributed by atoms with Crippen molar-refractivity contribution in [3.63, 3.8) is 0 Å². The van der Waals surface area contributed by atoms with Crippen LogP contribution in [0, 0.1) is 12.3 Å². The molecule has 0 saturated carbocycles. The number of aromatic nitrogens is 3. The Hall–Kier alpha value is -2.27. The lowest BCUT2D eigenvalue weighted by atomic mass is 10.0. The maximum Gasteiger partial charge on any atom is 0.227 e. The van der Waals surface area contributed by atoms with E-state index in [0.29, 0.717) is 45.0 Å². The van der Waals surface area contributed by atoms with Gasteiger partial charge in [-0.1, -0.05) is 0 Å². The molecule has 8 heteroatoms. The minimum atomic E-state index is -0.356. The summed E-state index contributed by atoms with van der Waals surface area (Å²) in [6.45, 7) is 2.30. The number of nitrogens with zero attached hydrogens (tertiary/aromatic N) is 5. The summed E-state index contributed by atoms with van der Waals surface area (Å²) in [6, 6.07) is 0. The number of rotatable bonds is 7. The van der Waals surface area contributed by atoms with Crippen LogP contribution < -0.4 is 5.32 Å². The molecule has 0 bridgehead atoms. The highest BCUT2D eigenvalue weighted by atomic mass is 16.5. The van der Waals surface area contributed by atoms with Gasteiger partial charge in [-0.2, -0.15) is 10.2 Å². The third kappa shape index (κ3) is 3.31. The first-order valence-corrected chi connectivity index (χ1v) is 7.35. The number of carbonyl (C=O) groups is 1. The van der Waals surface area contributed by atoms with E-state index >= 15 is 0 Å². The second-order valence-corrected chi connectivity index (χ2v) is 5.40. The SMILES string of the molecule is C#CCCC1(CCNC(=O)Cc2nnc3n2CCOC3)N=N1. The van der Waals surface area contributed by atoms with Gasteiger partial charge in [0, 0.05) is 32.4 Å². The molecule has 0 aliphatic carbocycles. The van der Waals surface area contributed by atoms with Crippen molar-refractivity contribution in [2.24, 2.45) is 10.2 Å². The molecule has 3 rings (SSSR count). The van der Waals surface area contributed by atoms with E-state index in [9.17, 15) is 4.79 Å². The highest BCUT2D eigenvalue weighted by Crippen LogP contribution is 2.35. The van der Waals surface area contributed by atoms with Crippen LogP contribution in [0.5, 0.6) is 0 Å². The Morgan fingerprint density at radius 1 is 1.41 bits per heavy atom. The second-order valence-electron chi connectivity index (χ2n) is 5.40. The number of hydrogen-bond donors (Lipinski definition) is 1. The van der Waals surface area contributed by atoms with Gasteiger partial charge in [-0.25, -0.2) is 0 Å². The summed E-state index contributed by atoms with van der Waals surface area (Å²) >= 11 is 0. The molecule has 1 aromatic heterocycles. The molecule has 8 nitrogen and oxygen atoms in total. The van der Waals surface area contributed by atoms with Gasteiger partial charge >= 0.3 is 0 Å². The molecule has 0 spiro atoms. The smallest absolute Gasteiger partial charge is 0.227 e. The predicted octanol–water partition coefficient (Wildman–Crippen LogP) is 0.433. The quantitative estimate of drug-likeness (QED) is 0.739. The number of amides is 1. The molecule has 2 aliphatic rings. The molecule has 0 atom stereocenters. The van der Waals surface area contributed by atoms with Gasteiger partial charge in [-0.3, -0.25) is 4.79 Å². The van der Waals surface area contributed by atoms with E-state index in [1.54, 1.807) is 0 Å². The van der Waals surface area contributed by atoms with Crippen LogP contribution in [0.1, 0.15) is 30.9 Å². The molecule has 3 heterocycles. The van der Waals surface area contributed by atoms with E-state index < -0.39 is 0 Å². The van der Waals surface area contributed by atoms with Gasteiger partial charge in [-0.05, 0) is 0 Å². The van der Waals surface area contributed by atoms with E-state index in [1.165, 1.54) is 0 Å². The van der Waals surface area contributed by atoms with Crippen LogP contribution in [0.2, 0.25) is 0 Å². The lowest BCUT2D eigenvalue weighted by molar-refractivity contribution is -0.120. The summed E-state index contributed by atoms with van der Waals surface area (Å²) in [5.74, 6) is 3.97. The molecule has 1 amide bonds. The Morgan fingerprint density at radius 2 is 2.27 bits per heavy atom. The topological polar surface area (TPSA) is 93.8 Å². The number of fused-ring (bicyclic) bond motifs is 1. The highest BCUT2D eigenvalue weighted by Gasteiger charge is 2.38. The van der Waals surface area contributed by atoms with Crippen LogP contribution in [0.4, 0.5) is 0 Å². The van der Waals surface area contributed by atoms with Gasteiger partial charge < -0.3 is 14.6 Å². The van der Waals surface area contributed by atoms with Gasteiger partial charge in [0.25, 0.3) is 0 Å². The zero-order valence-corrected chi connectivity index (χ0v) is 12.3. The number of carbonyl (C=O) groups excluding carboxylic acids is 1. The molecule has 1 N–H and O–H groups in total. The zero-order chi connectivity index (χ0) is 15.4. The Morgan fingerprint density at radius 3 is 3.05 bits per heavy atom. The highest BCUT2D eigenvalue weighted by molar-refractivity contribution is 5.77. The third-order valence-corrected chi connectivity index (χ3v) is 3.81. The van der Waals surface area contributed by atoms with Crippen LogP contribution in [0.3, 0.4) is 0 Å². The molecule has 0 radical (unpaired) electrons.